The molecular weight excluding hydrogens is 502 g/mol. The van der Waals surface area contributed by atoms with Crippen molar-refractivity contribution in [2.75, 3.05) is 11.4 Å². The van der Waals surface area contributed by atoms with Crippen LogP contribution in [-0.4, -0.2) is 39.0 Å². The summed E-state index contributed by atoms with van der Waals surface area (Å²) < 4.78 is 70.9. The lowest BCUT2D eigenvalue weighted by molar-refractivity contribution is -0.140. The lowest BCUT2D eigenvalue weighted by Crippen LogP contribution is -2.46. The van der Waals surface area contributed by atoms with Gasteiger partial charge >= 0.3 is 6.18 Å². The zero-order chi connectivity index (χ0) is 27.2. The summed E-state index contributed by atoms with van der Waals surface area (Å²) in [6, 6.07) is 10.2. The van der Waals surface area contributed by atoms with E-state index >= 15 is 4.39 Å². The quantitative estimate of drug-likeness (QED) is 0.256. The number of aromatic nitrogens is 4. The fraction of sp³-hybridized carbons (Fsp3) is 0.308. The Morgan fingerprint density at radius 3 is 2.58 bits per heavy atom. The fourth-order valence-electron chi connectivity index (χ4n) is 5.03. The number of aryl methyl sites for hydroxylation is 1. The summed E-state index contributed by atoms with van der Waals surface area (Å²) in [7, 11) is 1.55. The van der Waals surface area contributed by atoms with Crippen molar-refractivity contribution >= 4 is 23.7 Å². The Labute approximate surface area is 215 Å². The van der Waals surface area contributed by atoms with Gasteiger partial charge in [-0.05, 0) is 37.6 Å². The average Bonchev–Trinajstić information content (AvgIpc) is 3.22. The number of nitrogens with zero attached hydrogens (tertiary/aromatic N) is 6. The number of anilines is 1. The van der Waals surface area contributed by atoms with Gasteiger partial charge in [-0.2, -0.15) is 23.3 Å². The smallest absolute Gasteiger partial charge is 0.339 e. The predicted molar refractivity (Wildman–Crippen MR) is 134 cm³/mol. The topological polar surface area (TPSA) is 70.6 Å². The van der Waals surface area contributed by atoms with E-state index in [9.17, 15) is 22.8 Å². The molecule has 0 amide bonds. The van der Waals surface area contributed by atoms with Gasteiger partial charge in [0.15, 0.2) is 5.65 Å². The molecule has 0 radical (unpaired) electrons. The number of benzene rings is 2. The predicted octanol–water partition coefficient (Wildman–Crippen LogP) is 5.62. The molecule has 1 saturated heterocycles. The van der Waals surface area contributed by atoms with Crippen LogP contribution in [0.15, 0.2) is 42.6 Å². The summed E-state index contributed by atoms with van der Waals surface area (Å²) in [4.78, 5) is 11.1. The van der Waals surface area contributed by atoms with Gasteiger partial charge in [-0.15, -0.1) is 0 Å². The zero-order valence-electron chi connectivity index (χ0n) is 20.6. The molecule has 1 aliphatic rings. The van der Waals surface area contributed by atoms with Gasteiger partial charge in [0, 0.05) is 42.9 Å². The molecule has 0 saturated carbocycles. The molecule has 1 aliphatic heterocycles. The van der Waals surface area contributed by atoms with E-state index in [0.29, 0.717) is 43.3 Å². The lowest BCUT2D eigenvalue weighted by atomic mass is 9.43. The molecule has 194 valence electrons. The third-order valence-corrected chi connectivity index (χ3v) is 7.02. The van der Waals surface area contributed by atoms with Crippen molar-refractivity contribution < 1.29 is 22.0 Å². The van der Waals surface area contributed by atoms with Gasteiger partial charge in [0.2, 0.25) is 5.95 Å². The highest BCUT2D eigenvalue weighted by Gasteiger charge is 2.37. The van der Waals surface area contributed by atoms with Crippen LogP contribution in [0.2, 0.25) is 12.6 Å². The molecule has 6 nitrogen and oxygen atoms in total. The molecule has 2 aromatic heterocycles. The van der Waals surface area contributed by atoms with Crippen LogP contribution in [0.4, 0.5) is 27.9 Å². The van der Waals surface area contributed by atoms with Gasteiger partial charge in [0.25, 0.3) is 6.71 Å². The van der Waals surface area contributed by atoms with Gasteiger partial charge in [-0.25, -0.2) is 23.7 Å². The van der Waals surface area contributed by atoms with Crippen LogP contribution < -0.4 is 4.90 Å². The summed E-state index contributed by atoms with van der Waals surface area (Å²) in [6.45, 7) is 1.41. The normalized spacial score (nSPS) is 16.2. The second-order valence-electron chi connectivity index (χ2n) is 9.49. The fourth-order valence-corrected chi connectivity index (χ4v) is 5.03. The number of alkyl halides is 3. The minimum Gasteiger partial charge on any atom is -0.339 e. The Hall–Kier alpha value is -4.01. The molecule has 38 heavy (non-hydrogen) atoms. The van der Waals surface area contributed by atoms with Crippen molar-refractivity contribution in [1.29, 1.82) is 5.26 Å². The van der Waals surface area contributed by atoms with E-state index in [4.69, 9.17) is 0 Å². The molecule has 2 aromatic carbocycles. The Balaban J connectivity index is 1.57. The van der Waals surface area contributed by atoms with Crippen LogP contribution in [-0.2, 0) is 19.6 Å². The lowest BCUT2D eigenvalue weighted by Gasteiger charge is -2.37. The van der Waals surface area contributed by atoms with Crippen LogP contribution in [0.25, 0.3) is 22.3 Å². The molecule has 12 heteroatoms. The summed E-state index contributed by atoms with van der Waals surface area (Å²) >= 11 is 0. The first-order valence-electron chi connectivity index (χ1n) is 12.0. The summed E-state index contributed by atoms with van der Waals surface area (Å²) in [5.74, 6) is -0.0321. The van der Waals surface area contributed by atoms with Gasteiger partial charge in [-0.3, -0.25) is 0 Å². The van der Waals surface area contributed by atoms with Crippen molar-refractivity contribution in [3.8, 4) is 17.2 Å². The second kappa shape index (κ2) is 9.70. The molecule has 0 aliphatic carbocycles. The maximum atomic E-state index is 15.0. The largest absolute Gasteiger partial charge is 0.419 e. The Kier molecular flexibility index (Phi) is 6.55. The first-order valence-corrected chi connectivity index (χ1v) is 12.0. The number of hydrogen-bond acceptors (Lipinski definition) is 5. The highest BCUT2D eigenvalue weighted by Crippen LogP contribution is 2.39. The van der Waals surface area contributed by atoms with Gasteiger partial charge in [-0.1, -0.05) is 30.3 Å². The Bertz CT molecular complexity index is 1550. The molecule has 5 rings (SSSR count). The van der Waals surface area contributed by atoms with Gasteiger partial charge < -0.3 is 4.90 Å². The molecule has 0 N–H and O–H groups in total. The first-order chi connectivity index (χ1) is 18.1. The second-order valence-corrected chi connectivity index (χ2v) is 9.49. The third-order valence-electron chi connectivity index (χ3n) is 7.02. The average molecular weight is 524 g/mol. The molecule has 0 bridgehead atoms. The van der Waals surface area contributed by atoms with E-state index in [1.54, 1.807) is 7.05 Å². The zero-order valence-corrected chi connectivity index (χ0v) is 20.6. The number of rotatable bonds is 4. The summed E-state index contributed by atoms with van der Waals surface area (Å²) in [6.07, 6.45) is -1.66. The summed E-state index contributed by atoms with van der Waals surface area (Å²) in [5, 5.41) is 14.0. The minimum atomic E-state index is -5.01. The molecule has 1 unspecified atom stereocenters. The van der Waals surface area contributed by atoms with Crippen molar-refractivity contribution in [2.45, 2.75) is 38.2 Å². The van der Waals surface area contributed by atoms with Crippen molar-refractivity contribution in [3.63, 3.8) is 0 Å². The highest BCUT2D eigenvalue weighted by atomic mass is 19.4. The number of hydrogen-bond donors (Lipinski definition) is 0. The Morgan fingerprint density at radius 2 is 1.89 bits per heavy atom. The van der Waals surface area contributed by atoms with Gasteiger partial charge in [0.05, 0.1) is 10.9 Å². The van der Waals surface area contributed by atoms with Crippen molar-refractivity contribution in [2.24, 2.45) is 7.05 Å². The van der Waals surface area contributed by atoms with Crippen molar-refractivity contribution in [1.82, 2.24) is 19.7 Å². The summed E-state index contributed by atoms with van der Waals surface area (Å²) in [5.41, 5.74) is -1.49. The number of nitriles is 1. The number of halogens is 5. The minimum absolute atomic E-state index is 0.0486. The molecule has 3 heterocycles. The third kappa shape index (κ3) is 4.57. The van der Waals surface area contributed by atoms with Crippen LogP contribution in [0, 0.1) is 29.8 Å². The number of fused-ring (bicyclic) bond motifs is 1. The molecular formula is C26H22BF5N6. The molecule has 1 atom stereocenters. The van der Waals surface area contributed by atoms with E-state index in [1.807, 2.05) is 35.2 Å². The maximum absolute atomic E-state index is 15.0. The Morgan fingerprint density at radius 1 is 1.16 bits per heavy atom. The molecule has 1 fully saturated rings. The van der Waals surface area contributed by atoms with Gasteiger partial charge in [0.1, 0.15) is 17.3 Å². The molecule has 4 aromatic rings. The van der Waals surface area contributed by atoms with Crippen LogP contribution in [0.1, 0.15) is 16.7 Å². The van der Waals surface area contributed by atoms with E-state index < -0.39 is 34.5 Å². The maximum Gasteiger partial charge on any atom is 0.419 e. The van der Waals surface area contributed by atoms with Crippen LogP contribution >= 0.6 is 0 Å². The molecule has 0 spiro atoms. The SMILES string of the molecule is Cc1c(F)c(-c2nn(C)c3nc(N4CCB(C#N)CC4Cc4ccccc4)ncc23)cc(C(F)(F)F)c1F. The monoisotopic (exact) mass is 524 g/mol. The van der Waals surface area contributed by atoms with E-state index in [-0.39, 0.29) is 23.8 Å². The first kappa shape index (κ1) is 25.6. The van der Waals surface area contributed by atoms with E-state index in [2.05, 4.69) is 21.0 Å². The van der Waals surface area contributed by atoms with Crippen molar-refractivity contribution in [3.05, 3.63) is 70.9 Å². The van der Waals surface area contributed by atoms with E-state index in [1.165, 1.54) is 10.9 Å². The standard InChI is InChI=1S/C26H22BF5N6/c1-15-21(28)18(11-20(22(15)29)26(30,31)32)23-19-13-34-25(35-24(19)37(2)36-23)38-9-8-27(14-33)12-17(38)10-16-6-4-3-5-7-16/h3-7,11,13,17H,8-10,12H2,1-2H3. The van der Waals surface area contributed by atoms with Crippen LogP contribution in [0.5, 0.6) is 0 Å². The van der Waals surface area contributed by atoms with Crippen LogP contribution in [0.3, 0.4) is 0 Å². The highest BCUT2D eigenvalue weighted by molar-refractivity contribution is 6.67. The van der Waals surface area contributed by atoms with E-state index in [0.717, 1.165) is 12.5 Å².